The Balaban J connectivity index is 2.04. The second-order valence-electron chi connectivity index (χ2n) is 4.53. The van der Waals surface area contributed by atoms with Crippen LogP contribution in [0, 0.1) is 0 Å². The molecule has 1 heterocycles. The van der Waals surface area contributed by atoms with E-state index in [4.69, 9.17) is 9.94 Å². The molecule has 0 bridgehead atoms. The molecule has 1 atom stereocenters. The zero-order chi connectivity index (χ0) is 14.8. The summed E-state index contributed by atoms with van der Waals surface area (Å²) in [5.41, 5.74) is -1.48. The molecule has 1 fully saturated rings. The average molecular weight is 279 g/mol. The molecule has 1 aromatic rings. The summed E-state index contributed by atoms with van der Waals surface area (Å²) in [6.45, 7) is -0.0263. The van der Waals surface area contributed by atoms with E-state index in [0.717, 1.165) is 5.56 Å². The summed E-state index contributed by atoms with van der Waals surface area (Å²) in [6.07, 6.45) is -1.42. The predicted molar refractivity (Wildman–Crippen MR) is 64.9 cm³/mol. The van der Waals surface area contributed by atoms with Gasteiger partial charge in [-0.3, -0.25) is 19.2 Å². The number of aliphatic carboxylic acids is 1. The Kier molecular flexibility index (Phi) is 3.82. The van der Waals surface area contributed by atoms with Gasteiger partial charge in [-0.2, -0.15) is 5.06 Å². The normalized spacial score (nSPS) is 22.4. The molecule has 2 rings (SSSR count). The van der Waals surface area contributed by atoms with Gasteiger partial charge in [-0.15, -0.1) is 0 Å². The third-order valence-electron chi connectivity index (χ3n) is 2.90. The minimum absolute atomic E-state index is 0.0263. The first-order chi connectivity index (χ1) is 9.42. The fourth-order valence-corrected chi connectivity index (χ4v) is 1.93. The number of hydrogen-bond acceptors (Lipinski definition) is 5. The molecule has 2 N–H and O–H groups in total. The molecule has 1 aliphatic rings. The fraction of sp³-hybridized carbons (Fsp3) is 0.308. The molecule has 1 aromatic carbocycles. The number of carboxylic acids is 1. The van der Waals surface area contributed by atoms with Crippen LogP contribution in [-0.4, -0.2) is 38.7 Å². The molecule has 1 saturated heterocycles. The molecule has 106 valence electrons. The first-order valence-electron chi connectivity index (χ1n) is 5.91. The molecule has 0 aromatic heterocycles. The van der Waals surface area contributed by atoms with E-state index in [1.54, 1.807) is 30.3 Å². The van der Waals surface area contributed by atoms with Crippen molar-refractivity contribution in [3.05, 3.63) is 35.9 Å². The standard InChI is InChI=1S/C13H13NO6/c15-10-6-13(19,7-11(16)17)12(18)14(10)20-8-9-4-2-1-3-5-9/h1-5,19H,6-8H2,(H,16,17)/t13-/m0/s1. The van der Waals surface area contributed by atoms with Gasteiger partial charge in [0.15, 0.2) is 5.60 Å². The van der Waals surface area contributed by atoms with Gasteiger partial charge in [-0.1, -0.05) is 30.3 Å². The molecule has 0 spiro atoms. The molecule has 1 aliphatic heterocycles. The van der Waals surface area contributed by atoms with Crippen molar-refractivity contribution in [1.82, 2.24) is 5.06 Å². The number of aliphatic hydroxyl groups is 1. The van der Waals surface area contributed by atoms with Crippen LogP contribution in [0.15, 0.2) is 30.3 Å². The van der Waals surface area contributed by atoms with Gasteiger partial charge in [0.05, 0.1) is 12.8 Å². The van der Waals surface area contributed by atoms with Gasteiger partial charge in [-0.25, -0.2) is 0 Å². The number of imide groups is 1. The van der Waals surface area contributed by atoms with E-state index in [2.05, 4.69) is 0 Å². The summed E-state index contributed by atoms with van der Waals surface area (Å²) in [4.78, 5) is 39.2. The molecular weight excluding hydrogens is 266 g/mol. The van der Waals surface area contributed by atoms with Crippen molar-refractivity contribution in [3.8, 4) is 0 Å². The molecule has 0 unspecified atom stereocenters. The smallest absolute Gasteiger partial charge is 0.306 e. The first kappa shape index (κ1) is 14.2. The van der Waals surface area contributed by atoms with Gasteiger partial charge >= 0.3 is 5.97 Å². The predicted octanol–water partition coefficient (Wildman–Crippen LogP) is 0.0829. The quantitative estimate of drug-likeness (QED) is 0.740. The Labute approximate surface area is 114 Å². The Hall–Kier alpha value is -2.25. The summed E-state index contributed by atoms with van der Waals surface area (Å²) in [5, 5.41) is 19.0. The highest BCUT2D eigenvalue weighted by molar-refractivity contribution is 6.07. The Morgan fingerprint density at radius 1 is 1.30 bits per heavy atom. The van der Waals surface area contributed by atoms with Crippen LogP contribution >= 0.6 is 0 Å². The molecule has 7 heteroatoms. The number of carbonyl (C=O) groups is 3. The van der Waals surface area contributed by atoms with E-state index >= 15 is 0 Å². The van der Waals surface area contributed by atoms with Crippen molar-refractivity contribution < 1.29 is 29.4 Å². The number of hydroxylamine groups is 2. The lowest BCUT2D eigenvalue weighted by Crippen LogP contribution is -2.41. The van der Waals surface area contributed by atoms with Crippen molar-refractivity contribution in [2.75, 3.05) is 0 Å². The summed E-state index contributed by atoms with van der Waals surface area (Å²) < 4.78 is 0. The van der Waals surface area contributed by atoms with Crippen LogP contribution in [0.25, 0.3) is 0 Å². The van der Waals surface area contributed by atoms with Crippen LogP contribution in [0.3, 0.4) is 0 Å². The highest BCUT2D eigenvalue weighted by Crippen LogP contribution is 2.28. The Morgan fingerprint density at radius 2 is 1.95 bits per heavy atom. The van der Waals surface area contributed by atoms with Gasteiger partial charge in [0, 0.05) is 0 Å². The maximum absolute atomic E-state index is 11.9. The Morgan fingerprint density at radius 3 is 2.55 bits per heavy atom. The monoisotopic (exact) mass is 279 g/mol. The van der Waals surface area contributed by atoms with E-state index in [9.17, 15) is 19.5 Å². The maximum Gasteiger partial charge on any atom is 0.306 e. The van der Waals surface area contributed by atoms with E-state index in [1.165, 1.54) is 0 Å². The minimum atomic E-state index is -2.22. The van der Waals surface area contributed by atoms with E-state index in [-0.39, 0.29) is 6.61 Å². The van der Waals surface area contributed by atoms with Crippen molar-refractivity contribution in [3.63, 3.8) is 0 Å². The number of carboxylic acid groups (broad SMARTS) is 1. The van der Waals surface area contributed by atoms with Gasteiger partial charge in [-0.05, 0) is 5.56 Å². The molecule has 0 saturated carbocycles. The van der Waals surface area contributed by atoms with Crippen LogP contribution < -0.4 is 0 Å². The number of hydrogen-bond donors (Lipinski definition) is 2. The average Bonchev–Trinajstić information content (AvgIpc) is 2.58. The number of amides is 2. The molecule has 0 aliphatic carbocycles. The third kappa shape index (κ3) is 2.84. The van der Waals surface area contributed by atoms with Crippen LogP contribution in [0.5, 0.6) is 0 Å². The summed E-state index contributed by atoms with van der Waals surface area (Å²) >= 11 is 0. The van der Waals surface area contributed by atoms with Crippen molar-refractivity contribution in [1.29, 1.82) is 0 Å². The van der Waals surface area contributed by atoms with Gasteiger partial charge < -0.3 is 10.2 Å². The number of benzene rings is 1. The highest BCUT2D eigenvalue weighted by atomic mass is 16.7. The lowest BCUT2D eigenvalue weighted by molar-refractivity contribution is -0.197. The largest absolute Gasteiger partial charge is 0.481 e. The molecule has 0 radical (unpaired) electrons. The zero-order valence-corrected chi connectivity index (χ0v) is 10.5. The summed E-state index contributed by atoms with van der Waals surface area (Å²) in [5.74, 6) is -3.16. The maximum atomic E-state index is 11.9. The molecule has 2 amide bonds. The summed E-state index contributed by atoms with van der Waals surface area (Å²) in [7, 11) is 0. The number of nitrogens with zero attached hydrogens (tertiary/aromatic N) is 1. The first-order valence-corrected chi connectivity index (χ1v) is 5.91. The SMILES string of the molecule is O=C(O)C[C@@]1(O)CC(=O)N(OCc2ccccc2)C1=O. The van der Waals surface area contributed by atoms with E-state index in [0.29, 0.717) is 5.06 Å². The van der Waals surface area contributed by atoms with Crippen LogP contribution in [0.2, 0.25) is 0 Å². The van der Waals surface area contributed by atoms with E-state index < -0.39 is 36.2 Å². The fourth-order valence-electron chi connectivity index (χ4n) is 1.93. The zero-order valence-electron chi connectivity index (χ0n) is 10.5. The van der Waals surface area contributed by atoms with Crippen LogP contribution in [0.4, 0.5) is 0 Å². The van der Waals surface area contributed by atoms with Crippen molar-refractivity contribution in [2.24, 2.45) is 0 Å². The third-order valence-corrected chi connectivity index (χ3v) is 2.90. The van der Waals surface area contributed by atoms with Crippen molar-refractivity contribution >= 4 is 17.8 Å². The van der Waals surface area contributed by atoms with Gasteiger partial charge in [0.1, 0.15) is 6.61 Å². The highest BCUT2D eigenvalue weighted by Gasteiger charge is 2.52. The van der Waals surface area contributed by atoms with Crippen LogP contribution in [0.1, 0.15) is 18.4 Å². The van der Waals surface area contributed by atoms with E-state index in [1.807, 2.05) is 0 Å². The van der Waals surface area contributed by atoms with Crippen LogP contribution in [-0.2, 0) is 25.8 Å². The second-order valence-corrected chi connectivity index (χ2v) is 4.53. The second kappa shape index (κ2) is 5.40. The number of rotatable bonds is 5. The molecular formula is C13H13NO6. The van der Waals surface area contributed by atoms with Gasteiger partial charge in [0.2, 0.25) is 0 Å². The lowest BCUT2D eigenvalue weighted by atomic mass is 9.98. The number of carbonyl (C=O) groups excluding carboxylic acids is 2. The molecule has 20 heavy (non-hydrogen) atoms. The van der Waals surface area contributed by atoms with Gasteiger partial charge in [0.25, 0.3) is 11.8 Å². The Bertz CT molecular complexity index is 543. The van der Waals surface area contributed by atoms with Crippen molar-refractivity contribution in [2.45, 2.75) is 25.0 Å². The summed E-state index contributed by atoms with van der Waals surface area (Å²) in [6, 6.07) is 8.84. The molecule has 7 nitrogen and oxygen atoms in total. The minimum Gasteiger partial charge on any atom is -0.481 e. The lowest BCUT2D eigenvalue weighted by Gasteiger charge is -2.18. The topological polar surface area (TPSA) is 104 Å².